The van der Waals surface area contributed by atoms with Crippen LogP contribution in [0.1, 0.15) is 21.7 Å². The minimum absolute atomic E-state index is 0.124. The molecule has 3 aromatic rings. The molecule has 3 aromatic heterocycles. The summed E-state index contributed by atoms with van der Waals surface area (Å²) in [7, 11) is 0. The number of thiazole rings is 1. The van der Waals surface area contributed by atoms with E-state index in [1.165, 1.54) is 0 Å². The minimum atomic E-state index is -0.124. The van der Waals surface area contributed by atoms with Gasteiger partial charge in [0.2, 0.25) is 0 Å². The Morgan fingerprint density at radius 2 is 2.09 bits per heavy atom. The summed E-state index contributed by atoms with van der Waals surface area (Å²) in [5, 5.41) is 2.88. The van der Waals surface area contributed by atoms with Crippen LogP contribution in [-0.2, 0) is 6.42 Å². The zero-order chi connectivity index (χ0) is 16.1. The van der Waals surface area contributed by atoms with Gasteiger partial charge in [0.1, 0.15) is 0 Å². The molecule has 0 atom stereocenters. The van der Waals surface area contributed by atoms with Crippen LogP contribution < -0.4 is 5.32 Å². The summed E-state index contributed by atoms with van der Waals surface area (Å²) in [5.74, 6) is -0.124. The largest absolute Gasteiger partial charge is 0.352 e. The molecule has 0 aliphatic carbocycles. The predicted octanol–water partition coefficient (Wildman–Crippen LogP) is 2.88. The lowest BCUT2D eigenvalue weighted by Gasteiger charge is -2.05. The van der Waals surface area contributed by atoms with Gasteiger partial charge in [0, 0.05) is 31.1 Å². The molecular formula is C17H16N4OS. The zero-order valence-corrected chi connectivity index (χ0v) is 13.5. The second-order valence-electron chi connectivity index (χ2n) is 5.03. The molecular weight excluding hydrogens is 308 g/mol. The summed E-state index contributed by atoms with van der Waals surface area (Å²) in [6.45, 7) is 2.50. The van der Waals surface area contributed by atoms with E-state index in [4.69, 9.17) is 0 Å². The third-order valence-electron chi connectivity index (χ3n) is 3.40. The average molecular weight is 324 g/mol. The maximum absolute atomic E-state index is 12.1. The highest BCUT2D eigenvalue weighted by molar-refractivity contribution is 7.13. The van der Waals surface area contributed by atoms with E-state index in [1.54, 1.807) is 35.3 Å². The highest BCUT2D eigenvalue weighted by Crippen LogP contribution is 2.25. The molecule has 0 aromatic carbocycles. The molecule has 0 aliphatic rings. The SMILES string of the molecule is Cc1ncsc1-c1ccc(C(=O)NCCc2ccccn2)cn1. The van der Waals surface area contributed by atoms with Crippen molar-refractivity contribution in [2.45, 2.75) is 13.3 Å². The van der Waals surface area contributed by atoms with Gasteiger partial charge in [-0.3, -0.25) is 14.8 Å². The second kappa shape index (κ2) is 7.11. The molecule has 6 heteroatoms. The summed E-state index contributed by atoms with van der Waals surface area (Å²) in [4.78, 5) is 26.0. The monoisotopic (exact) mass is 324 g/mol. The Bertz CT molecular complexity index is 784. The van der Waals surface area contributed by atoms with Crippen LogP contribution in [0.15, 0.2) is 48.2 Å². The van der Waals surface area contributed by atoms with Crippen LogP contribution in [0.4, 0.5) is 0 Å². The fourth-order valence-corrected chi connectivity index (χ4v) is 2.94. The van der Waals surface area contributed by atoms with Crippen molar-refractivity contribution in [3.05, 3.63) is 65.2 Å². The molecule has 1 amide bonds. The Morgan fingerprint density at radius 1 is 1.17 bits per heavy atom. The van der Waals surface area contributed by atoms with Crippen molar-refractivity contribution in [3.8, 4) is 10.6 Å². The number of amides is 1. The van der Waals surface area contributed by atoms with Crippen LogP contribution in [0.2, 0.25) is 0 Å². The van der Waals surface area contributed by atoms with Gasteiger partial charge in [-0.25, -0.2) is 4.98 Å². The predicted molar refractivity (Wildman–Crippen MR) is 90.4 cm³/mol. The van der Waals surface area contributed by atoms with E-state index < -0.39 is 0 Å². The quantitative estimate of drug-likeness (QED) is 0.783. The third kappa shape index (κ3) is 3.78. The van der Waals surface area contributed by atoms with Gasteiger partial charge in [-0.1, -0.05) is 6.07 Å². The Morgan fingerprint density at radius 3 is 2.74 bits per heavy atom. The molecule has 3 heterocycles. The van der Waals surface area contributed by atoms with E-state index in [1.807, 2.05) is 31.2 Å². The van der Waals surface area contributed by atoms with Gasteiger partial charge in [-0.15, -0.1) is 11.3 Å². The summed E-state index contributed by atoms with van der Waals surface area (Å²) < 4.78 is 0. The number of nitrogens with one attached hydrogen (secondary N) is 1. The lowest BCUT2D eigenvalue weighted by atomic mass is 10.2. The molecule has 0 bridgehead atoms. The smallest absolute Gasteiger partial charge is 0.252 e. The number of carbonyl (C=O) groups excluding carboxylic acids is 1. The molecule has 0 unspecified atom stereocenters. The molecule has 23 heavy (non-hydrogen) atoms. The Hall–Kier alpha value is -2.60. The van der Waals surface area contributed by atoms with Crippen LogP contribution in [0.25, 0.3) is 10.6 Å². The van der Waals surface area contributed by atoms with E-state index >= 15 is 0 Å². The molecule has 116 valence electrons. The number of pyridine rings is 2. The third-order valence-corrected chi connectivity index (χ3v) is 4.35. The molecule has 0 aliphatic heterocycles. The van der Waals surface area contributed by atoms with Gasteiger partial charge < -0.3 is 5.32 Å². The normalized spacial score (nSPS) is 10.5. The molecule has 5 nitrogen and oxygen atoms in total. The minimum Gasteiger partial charge on any atom is -0.352 e. The second-order valence-corrected chi connectivity index (χ2v) is 5.88. The van der Waals surface area contributed by atoms with Crippen LogP contribution in [0.5, 0.6) is 0 Å². The molecule has 1 N–H and O–H groups in total. The number of rotatable bonds is 5. The van der Waals surface area contributed by atoms with Gasteiger partial charge in [0.25, 0.3) is 5.91 Å². The molecule has 0 saturated heterocycles. The number of aryl methyl sites for hydroxylation is 1. The zero-order valence-electron chi connectivity index (χ0n) is 12.7. The van der Waals surface area contributed by atoms with Gasteiger partial charge in [-0.2, -0.15) is 0 Å². The summed E-state index contributed by atoms with van der Waals surface area (Å²) >= 11 is 1.55. The summed E-state index contributed by atoms with van der Waals surface area (Å²) in [5.41, 5.74) is 5.11. The lowest BCUT2D eigenvalue weighted by molar-refractivity contribution is 0.0953. The number of nitrogens with zero attached hydrogens (tertiary/aromatic N) is 3. The maximum Gasteiger partial charge on any atom is 0.252 e. The molecule has 0 fully saturated rings. The number of hydrogen-bond donors (Lipinski definition) is 1. The number of carbonyl (C=O) groups is 1. The molecule has 0 radical (unpaired) electrons. The van der Waals surface area contributed by atoms with E-state index in [9.17, 15) is 4.79 Å². The van der Waals surface area contributed by atoms with Crippen molar-refractivity contribution >= 4 is 17.2 Å². The average Bonchev–Trinajstić information content (AvgIpc) is 3.02. The van der Waals surface area contributed by atoms with Crippen LogP contribution in [0.3, 0.4) is 0 Å². The van der Waals surface area contributed by atoms with Crippen molar-refractivity contribution in [2.24, 2.45) is 0 Å². The topological polar surface area (TPSA) is 67.8 Å². The first-order valence-electron chi connectivity index (χ1n) is 7.28. The molecule has 0 saturated carbocycles. The number of hydrogen-bond acceptors (Lipinski definition) is 5. The fraction of sp³-hybridized carbons (Fsp3) is 0.176. The van der Waals surface area contributed by atoms with E-state index in [0.717, 1.165) is 22.0 Å². The Balaban J connectivity index is 1.59. The van der Waals surface area contributed by atoms with Crippen molar-refractivity contribution in [1.29, 1.82) is 0 Å². The van der Waals surface area contributed by atoms with Crippen molar-refractivity contribution in [2.75, 3.05) is 6.54 Å². The standard InChI is InChI=1S/C17H16N4OS/c1-12-16(23-11-21-12)15-6-5-13(10-20-15)17(22)19-9-7-14-4-2-3-8-18-14/h2-6,8,10-11H,7,9H2,1H3,(H,19,22). The Labute approximate surface area is 138 Å². The van der Waals surface area contributed by atoms with Gasteiger partial charge in [0.15, 0.2) is 0 Å². The van der Waals surface area contributed by atoms with E-state index in [2.05, 4.69) is 20.3 Å². The van der Waals surface area contributed by atoms with E-state index in [0.29, 0.717) is 18.5 Å². The first kappa shape index (κ1) is 15.3. The highest BCUT2D eigenvalue weighted by Gasteiger charge is 2.09. The van der Waals surface area contributed by atoms with Crippen LogP contribution >= 0.6 is 11.3 Å². The van der Waals surface area contributed by atoms with Crippen LogP contribution in [0, 0.1) is 6.92 Å². The lowest BCUT2D eigenvalue weighted by Crippen LogP contribution is -2.26. The fourth-order valence-electron chi connectivity index (χ4n) is 2.16. The van der Waals surface area contributed by atoms with E-state index in [-0.39, 0.29) is 5.91 Å². The van der Waals surface area contributed by atoms with Crippen molar-refractivity contribution < 1.29 is 4.79 Å². The summed E-state index contributed by atoms with van der Waals surface area (Å²) in [6, 6.07) is 9.40. The Kier molecular flexibility index (Phi) is 4.73. The van der Waals surface area contributed by atoms with Crippen molar-refractivity contribution in [1.82, 2.24) is 20.3 Å². The highest BCUT2D eigenvalue weighted by atomic mass is 32.1. The molecule has 3 rings (SSSR count). The van der Waals surface area contributed by atoms with Crippen molar-refractivity contribution in [3.63, 3.8) is 0 Å². The first-order valence-corrected chi connectivity index (χ1v) is 8.16. The van der Waals surface area contributed by atoms with Gasteiger partial charge in [0.05, 0.1) is 27.3 Å². The van der Waals surface area contributed by atoms with Gasteiger partial charge in [-0.05, 0) is 31.2 Å². The first-order chi connectivity index (χ1) is 11.2. The number of aromatic nitrogens is 3. The van der Waals surface area contributed by atoms with Crippen LogP contribution in [-0.4, -0.2) is 27.4 Å². The molecule has 0 spiro atoms. The summed E-state index contributed by atoms with van der Waals surface area (Å²) in [6.07, 6.45) is 4.06. The maximum atomic E-state index is 12.1. The van der Waals surface area contributed by atoms with Gasteiger partial charge >= 0.3 is 0 Å².